The molecule has 4 atom stereocenters. The largest absolute Gasteiger partial charge is 0.385 e. The van der Waals surface area contributed by atoms with E-state index in [2.05, 4.69) is 27.7 Å². The lowest BCUT2D eigenvalue weighted by Crippen LogP contribution is -3.28. The summed E-state index contributed by atoms with van der Waals surface area (Å²) in [5.74, 6) is 2.12. The topological polar surface area (TPSA) is 38.3 Å². The highest BCUT2D eigenvalue weighted by atomic mass is 16.5. The number of ether oxygens (including phenoxy) is 1. The number of likely N-dealkylation sites (N-methyl/N-ethyl adjacent to an activating group) is 1. The highest BCUT2D eigenvalue weighted by molar-refractivity contribution is 4.81. The Kier molecular flexibility index (Phi) is 7.80. The number of piperazine rings is 1. The summed E-state index contributed by atoms with van der Waals surface area (Å²) in [6.45, 7) is 16.7. The Hall–Kier alpha value is -0.160. The quantitative estimate of drug-likeness (QED) is 0.597. The fourth-order valence-corrected chi connectivity index (χ4v) is 4.45. The molecule has 1 aliphatic carbocycles. The molecule has 4 heteroatoms. The second-order valence-electron chi connectivity index (χ2n) is 8.41. The minimum Gasteiger partial charge on any atom is -0.385 e. The van der Waals surface area contributed by atoms with E-state index in [9.17, 15) is 5.11 Å². The number of aliphatic hydroxyl groups excluding tert-OH is 1. The van der Waals surface area contributed by atoms with E-state index in [0.29, 0.717) is 24.5 Å². The van der Waals surface area contributed by atoms with Gasteiger partial charge in [-0.3, -0.25) is 0 Å². The molecule has 23 heavy (non-hydrogen) atoms. The van der Waals surface area contributed by atoms with Crippen LogP contribution < -0.4 is 9.80 Å². The first kappa shape index (κ1) is 19.2. The summed E-state index contributed by atoms with van der Waals surface area (Å²) in [7, 11) is 0. The van der Waals surface area contributed by atoms with Crippen LogP contribution in [0.15, 0.2) is 0 Å². The standard InChI is InChI=1S/C19H38N2O2/c1-5-20-8-10-21(11-9-20)13-17(22)14-23-19-12-16(4)6-7-18(19)15(2)3/h15-19,22H,5-14H2,1-4H3/p+2/t16-,17+,18-,19-/m1/s1. The van der Waals surface area contributed by atoms with Crippen molar-refractivity contribution in [1.29, 1.82) is 0 Å². The zero-order chi connectivity index (χ0) is 16.8. The molecule has 136 valence electrons. The smallest absolute Gasteiger partial charge is 0.127 e. The second-order valence-corrected chi connectivity index (χ2v) is 8.41. The van der Waals surface area contributed by atoms with E-state index in [4.69, 9.17) is 4.74 Å². The van der Waals surface area contributed by atoms with Gasteiger partial charge >= 0.3 is 0 Å². The molecule has 2 rings (SSSR count). The maximum Gasteiger partial charge on any atom is 0.127 e. The number of quaternary nitrogens is 2. The molecule has 0 bridgehead atoms. The Morgan fingerprint density at radius 3 is 2.35 bits per heavy atom. The van der Waals surface area contributed by atoms with E-state index < -0.39 is 0 Å². The van der Waals surface area contributed by atoms with Crippen molar-refractivity contribution in [3.63, 3.8) is 0 Å². The second kappa shape index (κ2) is 9.36. The van der Waals surface area contributed by atoms with Crippen molar-refractivity contribution in [2.45, 2.75) is 59.2 Å². The molecule has 0 aromatic heterocycles. The Balaban J connectivity index is 1.71. The molecule has 0 amide bonds. The first-order valence-corrected chi connectivity index (χ1v) is 9.96. The van der Waals surface area contributed by atoms with Crippen LogP contribution in [0.25, 0.3) is 0 Å². The average molecular weight is 329 g/mol. The third kappa shape index (κ3) is 6.00. The minimum atomic E-state index is -0.307. The Morgan fingerprint density at radius 1 is 1.09 bits per heavy atom. The predicted molar refractivity (Wildman–Crippen MR) is 93.9 cm³/mol. The summed E-state index contributed by atoms with van der Waals surface area (Å²) >= 11 is 0. The van der Waals surface area contributed by atoms with Crippen LogP contribution in [0.3, 0.4) is 0 Å². The van der Waals surface area contributed by atoms with Crippen LogP contribution >= 0.6 is 0 Å². The van der Waals surface area contributed by atoms with Crippen LogP contribution in [0.4, 0.5) is 0 Å². The molecular weight excluding hydrogens is 288 g/mol. The number of hydrogen-bond donors (Lipinski definition) is 3. The molecule has 4 nitrogen and oxygen atoms in total. The van der Waals surface area contributed by atoms with Gasteiger partial charge in [0.2, 0.25) is 0 Å². The molecule has 0 aromatic rings. The van der Waals surface area contributed by atoms with Crippen molar-refractivity contribution in [3.8, 4) is 0 Å². The average Bonchev–Trinajstić information content (AvgIpc) is 2.53. The molecule has 1 saturated heterocycles. The number of nitrogens with one attached hydrogen (secondary N) is 2. The normalized spacial score (nSPS) is 37.0. The summed E-state index contributed by atoms with van der Waals surface area (Å²) < 4.78 is 6.20. The van der Waals surface area contributed by atoms with Crippen molar-refractivity contribution < 1.29 is 19.6 Å². The van der Waals surface area contributed by atoms with Gasteiger partial charge < -0.3 is 19.6 Å². The number of rotatable bonds is 7. The molecule has 1 saturated carbocycles. The first-order chi connectivity index (χ1) is 11.0. The van der Waals surface area contributed by atoms with E-state index in [1.807, 2.05) is 0 Å². The molecule has 0 radical (unpaired) electrons. The van der Waals surface area contributed by atoms with E-state index in [1.54, 1.807) is 9.80 Å². The van der Waals surface area contributed by atoms with Gasteiger partial charge in [-0.1, -0.05) is 27.2 Å². The van der Waals surface area contributed by atoms with Crippen LogP contribution in [0, 0.1) is 17.8 Å². The maximum absolute atomic E-state index is 10.4. The van der Waals surface area contributed by atoms with Gasteiger partial charge in [0, 0.05) is 0 Å². The molecule has 0 aromatic carbocycles. The molecule has 2 aliphatic rings. The monoisotopic (exact) mass is 328 g/mol. The molecule has 3 N–H and O–H groups in total. The highest BCUT2D eigenvalue weighted by Gasteiger charge is 2.32. The maximum atomic E-state index is 10.4. The van der Waals surface area contributed by atoms with Crippen LogP contribution in [-0.4, -0.2) is 63.2 Å². The van der Waals surface area contributed by atoms with Gasteiger partial charge in [-0.15, -0.1) is 0 Å². The fourth-order valence-electron chi connectivity index (χ4n) is 4.45. The van der Waals surface area contributed by atoms with Gasteiger partial charge in [-0.2, -0.15) is 0 Å². The van der Waals surface area contributed by atoms with Gasteiger partial charge in [-0.25, -0.2) is 0 Å². The van der Waals surface area contributed by atoms with E-state index in [-0.39, 0.29) is 6.10 Å². The SMILES string of the molecule is CC[NH+]1CC[NH+](C[C@H](O)CO[C@@H]2C[C@H](C)CC[C@@H]2C(C)C)CC1. The summed E-state index contributed by atoms with van der Waals surface area (Å²) in [5, 5.41) is 10.4. The first-order valence-electron chi connectivity index (χ1n) is 9.96. The molecule has 1 heterocycles. The van der Waals surface area contributed by atoms with E-state index in [1.165, 1.54) is 52.0 Å². The summed E-state index contributed by atoms with van der Waals surface area (Å²) in [5.41, 5.74) is 0. The lowest BCUT2D eigenvalue weighted by atomic mass is 9.75. The molecule has 0 spiro atoms. The summed E-state index contributed by atoms with van der Waals surface area (Å²) in [4.78, 5) is 3.26. The van der Waals surface area contributed by atoms with Gasteiger partial charge in [0.25, 0.3) is 0 Å². The zero-order valence-electron chi connectivity index (χ0n) is 15.8. The predicted octanol–water partition coefficient (Wildman–Crippen LogP) is -0.372. The highest BCUT2D eigenvalue weighted by Crippen LogP contribution is 2.35. The minimum absolute atomic E-state index is 0.307. The van der Waals surface area contributed by atoms with E-state index in [0.717, 1.165) is 12.5 Å². The molecule has 1 aliphatic heterocycles. The third-order valence-electron chi connectivity index (χ3n) is 6.15. The Morgan fingerprint density at radius 2 is 1.74 bits per heavy atom. The molecule has 0 unspecified atom stereocenters. The summed E-state index contributed by atoms with van der Waals surface area (Å²) in [6, 6.07) is 0. The van der Waals surface area contributed by atoms with E-state index >= 15 is 0 Å². The van der Waals surface area contributed by atoms with Crippen molar-refractivity contribution in [1.82, 2.24) is 0 Å². The van der Waals surface area contributed by atoms with Gasteiger partial charge in [-0.05, 0) is 37.5 Å². The van der Waals surface area contributed by atoms with Crippen LogP contribution in [0.2, 0.25) is 0 Å². The van der Waals surface area contributed by atoms with Gasteiger partial charge in [0.05, 0.1) is 19.3 Å². The van der Waals surface area contributed by atoms with Crippen LogP contribution in [0.5, 0.6) is 0 Å². The van der Waals surface area contributed by atoms with Gasteiger partial charge in [0.1, 0.15) is 38.8 Å². The third-order valence-corrected chi connectivity index (χ3v) is 6.15. The lowest BCUT2D eigenvalue weighted by Gasteiger charge is -2.37. The number of aliphatic hydroxyl groups is 1. The Labute approximate surface area is 143 Å². The van der Waals surface area contributed by atoms with Crippen LogP contribution in [0.1, 0.15) is 47.0 Å². The number of hydrogen-bond acceptors (Lipinski definition) is 2. The molecule has 2 fully saturated rings. The molecular formula is C19H40N2O2+2. The zero-order valence-corrected chi connectivity index (χ0v) is 15.8. The van der Waals surface area contributed by atoms with Crippen molar-refractivity contribution in [3.05, 3.63) is 0 Å². The fraction of sp³-hybridized carbons (Fsp3) is 1.00. The van der Waals surface area contributed by atoms with Crippen molar-refractivity contribution in [2.24, 2.45) is 17.8 Å². The van der Waals surface area contributed by atoms with Crippen LogP contribution in [-0.2, 0) is 4.74 Å². The summed E-state index contributed by atoms with van der Waals surface area (Å²) in [6.07, 6.45) is 3.83. The van der Waals surface area contributed by atoms with Gasteiger partial charge in [0.15, 0.2) is 0 Å². The lowest BCUT2D eigenvalue weighted by molar-refractivity contribution is -1.01. The van der Waals surface area contributed by atoms with Crippen molar-refractivity contribution >= 4 is 0 Å². The Bertz CT molecular complexity index is 329. The van der Waals surface area contributed by atoms with Crippen molar-refractivity contribution in [2.75, 3.05) is 45.9 Å².